The van der Waals surface area contributed by atoms with E-state index in [4.69, 9.17) is 43.6 Å². The van der Waals surface area contributed by atoms with Crippen LogP contribution in [0.25, 0.3) is 45.4 Å². The first kappa shape index (κ1) is 27.7. The van der Waals surface area contributed by atoms with Crippen LogP contribution in [0, 0.1) is 0 Å². The lowest BCUT2D eigenvalue weighted by Crippen LogP contribution is -2.17. The molecule has 0 radical (unpaired) electrons. The predicted molar refractivity (Wildman–Crippen MR) is 168 cm³/mol. The third kappa shape index (κ3) is 6.09. The summed E-state index contributed by atoms with van der Waals surface area (Å²) in [7, 11) is 2.01. The van der Waals surface area contributed by atoms with Gasteiger partial charge in [0, 0.05) is 13.6 Å². The van der Waals surface area contributed by atoms with Crippen LogP contribution in [0.4, 0.5) is 5.82 Å². The molecular weight excluding hydrogens is 593 g/mol. The summed E-state index contributed by atoms with van der Waals surface area (Å²) < 4.78 is 11.4. The van der Waals surface area contributed by atoms with Gasteiger partial charge in [0.05, 0.1) is 21.2 Å². The Hall–Kier alpha value is -4.43. The van der Waals surface area contributed by atoms with E-state index in [-0.39, 0.29) is 0 Å². The van der Waals surface area contributed by atoms with E-state index in [1.165, 1.54) is 5.56 Å². The summed E-state index contributed by atoms with van der Waals surface area (Å²) in [5.41, 5.74) is 5.02. The Morgan fingerprint density at radius 1 is 0.571 bits per heavy atom. The van der Waals surface area contributed by atoms with Crippen molar-refractivity contribution in [2.75, 3.05) is 11.9 Å². The van der Waals surface area contributed by atoms with Crippen molar-refractivity contribution in [3.8, 4) is 22.9 Å². The van der Waals surface area contributed by atoms with Crippen LogP contribution in [-0.4, -0.2) is 27.0 Å². The summed E-state index contributed by atoms with van der Waals surface area (Å²) in [5, 5.41) is 1.57. The largest absolute Gasteiger partial charge is 0.418 e. The Bertz CT molecular complexity index is 1990. The molecule has 4 aromatic heterocycles. The molecule has 42 heavy (non-hydrogen) atoms. The van der Waals surface area contributed by atoms with E-state index < -0.39 is 0 Å². The molecule has 0 aliphatic carbocycles. The number of fused-ring (bicyclic) bond motifs is 2. The number of hydrogen-bond donors (Lipinski definition) is 0. The van der Waals surface area contributed by atoms with Crippen LogP contribution in [-0.2, 0) is 6.54 Å². The van der Waals surface area contributed by atoms with Crippen molar-refractivity contribution in [1.29, 1.82) is 0 Å². The average Bonchev–Trinajstić information content (AvgIpc) is 3.62. The normalized spacial score (nSPS) is 11.0. The van der Waals surface area contributed by atoms with Gasteiger partial charge in [-0.3, -0.25) is 0 Å². The van der Waals surface area contributed by atoms with E-state index in [0.717, 1.165) is 23.5 Å². The zero-order chi connectivity index (χ0) is 29.1. The fourth-order valence-electron chi connectivity index (χ4n) is 4.25. The molecule has 208 valence electrons. The van der Waals surface area contributed by atoms with Gasteiger partial charge < -0.3 is 13.7 Å². The highest BCUT2D eigenvalue weighted by Gasteiger charge is 2.14. The highest BCUT2D eigenvalue weighted by atomic mass is 35.5. The Balaban J connectivity index is 0.000000162. The summed E-state index contributed by atoms with van der Waals surface area (Å²) in [6, 6.07) is 32.4. The van der Waals surface area contributed by atoms with E-state index in [1.807, 2.05) is 79.8 Å². The molecule has 0 amide bonds. The highest BCUT2D eigenvalue weighted by molar-refractivity contribution is 6.33. The van der Waals surface area contributed by atoms with Crippen LogP contribution in [0.5, 0.6) is 0 Å². The van der Waals surface area contributed by atoms with Crippen LogP contribution in [0.3, 0.4) is 0 Å². The first-order valence-electron chi connectivity index (χ1n) is 12.9. The molecule has 7 aromatic rings. The molecule has 4 heterocycles. The number of rotatable bonds is 5. The number of pyridine rings is 2. The summed E-state index contributed by atoms with van der Waals surface area (Å²) in [5.74, 6) is 1.76. The van der Waals surface area contributed by atoms with E-state index >= 15 is 0 Å². The quantitative estimate of drug-likeness (QED) is 0.179. The fourth-order valence-corrected chi connectivity index (χ4v) is 4.83. The van der Waals surface area contributed by atoms with Gasteiger partial charge in [0.1, 0.15) is 22.0 Å². The minimum Gasteiger partial charge on any atom is -0.418 e. The summed E-state index contributed by atoms with van der Waals surface area (Å²) in [6.07, 6.45) is 0. The molecule has 0 saturated heterocycles. The van der Waals surface area contributed by atoms with Crippen LogP contribution in [0.15, 0.2) is 112 Å². The molecule has 0 unspecified atom stereocenters. The topological polar surface area (TPSA) is 81.1 Å². The van der Waals surface area contributed by atoms with Crippen molar-refractivity contribution in [2.24, 2.45) is 0 Å². The first-order chi connectivity index (χ1) is 20.4. The third-order valence-electron chi connectivity index (χ3n) is 6.32. The van der Waals surface area contributed by atoms with Gasteiger partial charge in [-0.2, -0.15) is 9.97 Å². The van der Waals surface area contributed by atoms with Crippen LogP contribution >= 0.6 is 34.8 Å². The van der Waals surface area contributed by atoms with Gasteiger partial charge in [-0.15, -0.1) is 0 Å². The number of halogens is 3. The molecule has 7 nitrogen and oxygen atoms in total. The minimum atomic E-state index is 0.374. The smallest absolute Gasteiger partial charge is 0.249 e. The van der Waals surface area contributed by atoms with Gasteiger partial charge in [0.2, 0.25) is 23.2 Å². The summed E-state index contributed by atoms with van der Waals surface area (Å²) in [4.78, 5) is 19.5. The number of benzene rings is 3. The predicted octanol–water partition coefficient (Wildman–Crippen LogP) is 9.38. The monoisotopic (exact) mass is 613 g/mol. The lowest BCUT2D eigenvalue weighted by Gasteiger charge is -2.17. The number of hydrogen-bond acceptors (Lipinski definition) is 7. The van der Waals surface area contributed by atoms with Crippen LogP contribution in [0.1, 0.15) is 5.56 Å². The second-order valence-corrected chi connectivity index (χ2v) is 10.5. The van der Waals surface area contributed by atoms with E-state index in [9.17, 15) is 0 Å². The molecule has 0 fully saturated rings. The van der Waals surface area contributed by atoms with Crippen LogP contribution < -0.4 is 4.90 Å². The van der Waals surface area contributed by atoms with Crippen molar-refractivity contribution < 1.29 is 8.83 Å². The maximum absolute atomic E-state index is 6.23. The molecule has 0 bridgehead atoms. The summed E-state index contributed by atoms with van der Waals surface area (Å²) >= 11 is 18.1. The molecule has 0 saturated carbocycles. The van der Waals surface area contributed by atoms with Gasteiger partial charge in [-0.05, 0) is 54.1 Å². The van der Waals surface area contributed by atoms with Crippen molar-refractivity contribution in [1.82, 2.24) is 19.9 Å². The number of aromatic nitrogens is 4. The molecule has 0 aliphatic rings. The van der Waals surface area contributed by atoms with E-state index in [2.05, 4.69) is 37.0 Å². The maximum atomic E-state index is 6.23. The zero-order valence-electron chi connectivity index (χ0n) is 22.2. The SMILES string of the molecule is CN(Cc1ccccc1)c1ccc2nc(-c3ccccc3Cl)oc2n1.Clc1ccc2nc(-c3ccccc3Cl)oc2n1. The molecule has 0 atom stereocenters. The van der Waals surface area contributed by atoms with Gasteiger partial charge in [-0.1, -0.05) is 89.4 Å². The lowest BCUT2D eigenvalue weighted by molar-refractivity contribution is 0.607. The first-order valence-corrected chi connectivity index (χ1v) is 14.0. The van der Waals surface area contributed by atoms with Gasteiger partial charge >= 0.3 is 0 Å². The Morgan fingerprint density at radius 2 is 1.10 bits per heavy atom. The molecule has 3 aromatic carbocycles. The Kier molecular flexibility index (Phi) is 8.06. The third-order valence-corrected chi connectivity index (χ3v) is 7.19. The molecule has 7 rings (SSSR count). The van der Waals surface area contributed by atoms with E-state index in [1.54, 1.807) is 18.2 Å². The van der Waals surface area contributed by atoms with Crippen molar-refractivity contribution in [2.45, 2.75) is 6.54 Å². The fraction of sp³-hybridized carbons (Fsp3) is 0.0625. The standard InChI is InChI=1S/C20H16ClN3O.C12H6Cl2N2O/c1-24(13-14-7-3-2-4-8-14)18-12-11-17-20(23-18)25-19(22-17)15-9-5-6-10-16(15)21;13-8-4-2-1-3-7(8)11-15-9-5-6-10(14)16-12(9)17-11/h2-12H,13H2,1H3;1-6H. The van der Waals surface area contributed by atoms with Crippen molar-refractivity contribution >= 4 is 63.1 Å². The van der Waals surface area contributed by atoms with Gasteiger partial charge in [0.15, 0.2) is 0 Å². The highest BCUT2D eigenvalue weighted by Crippen LogP contribution is 2.31. The van der Waals surface area contributed by atoms with Crippen molar-refractivity contribution in [3.05, 3.63) is 124 Å². The molecule has 0 spiro atoms. The molecule has 10 heteroatoms. The minimum absolute atomic E-state index is 0.374. The maximum Gasteiger partial charge on any atom is 0.249 e. The van der Waals surface area contributed by atoms with Gasteiger partial charge in [0.25, 0.3) is 0 Å². The molecule has 0 N–H and O–H groups in total. The molecular formula is C32H22Cl3N5O2. The molecule has 0 aliphatic heterocycles. The Labute approximate surface area is 256 Å². The average molecular weight is 615 g/mol. The van der Waals surface area contributed by atoms with Crippen LogP contribution in [0.2, 0.25) is 15.2 Å². The van der Waals surface area contributed by atoms with Gasteiger partial charge in [-0.25, -0.2) is 9.97 Å². The second-order valence-electron chi connectivity index (χ2n) is 9.29. The summed E-state index contributed by atoms with van der Waals surface area (Å²) in [6.45, 7) is 0.769. The number of oxazole rings is 2. The Morgan fingerprint density at radius 3 is 1.69 bits per heavy atom. The van der Waals surface area contributed by atoms with E-state index in [0.29, 0.717) is 49.4 Å². The lowest BCUT2D eigenvalue weighted by atomic mass is 10.2. The van der Waals surface area contributed by atoms with Crippen molar-refractivity contribution in [3.63, 3.8) is 0 Å². The number of anilines is 1. The number of nitrogens with zero attached hydrogens (tertiary/aromatic N) is 5. The second kappa shape index (κ2) is 12.2. The zero-order valence-corrected chi connectivity index (χ0v) is 24.5.